The average molecular weight is 494 g/mol. The van der Waals surface area contributed by atoms with Gasteiger partial charge in [0.1, 0.15) is 11.6 Å². The summed E-state index contributed by atoms with van der Waals surface area (Å²) in [7, 11) is 2.63. The van der Waals surface area contributed by atoms with Crippen LogP contribution in [0.3, 0.4) is 0 Å². The van der Waals surface area contributed by atoms with Gasteiger partial charge in [-0.25, -0.2) is 4.39 Å². The van der Waals surface area contributed by atoms with Crippen LogP contribution < -0.4 is 10.6 Å². The van der Waals surface area contributed by atoms with Gasteiger partial charge in [-0.3, -0.25) is 14.7 Å². The maximum Gasteiger partial charge on any atom is 0.418 e. The first kappa shape index (κ1) is 20.9. The van der Waals surface area contributed by atoms with E-state index in [-0.39, 0.29) is 17.1 Å². The summed E-state index contributed by atoms with van der Waals surface area (Å²) in [6.07, 6.45) is -3.00. The van der Waals surface area contributed by atoms with Crippen molar-refractivity contribution in [3.63, 3.8) is 0 Å². The molecule has 0 radical (unpaired) electrons. The summed E-state index contributed by atoms with van der Waals surface area (Å²) >= 11 is 1.92. The minimum Gasteiger partial charge on any atom is -0.355 e. The number of carbonyl (C=O) groups is 1. The highest BCUT2D eigenvalue weighted by molar-refractivity contribution is 14.1. The van der Waals surface area contributed by atoms with Gasteiger partial charge in [-0.15, -0.1) is 0 Å². The van der Waals surface area contributed by atoms with Crippen LogP contribution in [0.5, 0.6) is 0 Å². The molecule has 0 aliphatic carbocycles. The van der Waals surface area contributed by atoms with E-state index < -0.39 is 29.2 Å². The smallest absolute Gasteiger partial charge is 0.355 e. The zero-order chi connectivity index (χ0) is 20.4. The van der Waals surface area contributed by atoms with E-state index in [4.69, 9.17) is 0 Å². The largest absolute Gasteiger partial charge is 0.418 e. The van der Waals surface area contributed by atoms with Gasteiger partial charge in [0.15, 0.2) is 0 Å². The third-order valence-corrected chi connectivity index (χ3v) is 4.25. The lowest BCUT2D eigenvalue weighted by Crippen LogP contribution is -2.37. The molecule has 1 aromatic carbocycles. The van der Waals surface area contributed by atoms with Gasteiger partial charge in [0.05, 0.1) is 28.9 Å². The van der Waals surface area contributed by atoms with E-state index in [1.54, 1.807) is 6.07 Å². The number of hydrogen-bond donors (Lipinski definition) is 2. The zero-order valence-electron chi connectivity index (χ0n) is 14.3. The SMILES string of the molecule is C=C1C(C(F)(F)F)=CC(C(=O)NC)=C(Nc2ccc(I)cc2F)N1C=NC. The Balaban J connectivity index is 2.69. The van der Waals surface area contributed by atoms with Gasteiger partial charge in [-0.1, -0.05) is 6.58 Å². The molecule has 1 aliphatic rings. The Kier molecular flexibility index (Phi) is 6.29. The summed E-state index contributed by atoms with van der Waals surface area (Å²) < 4.78 is 55.0. The van der Waals surface area contributed by atoms with Crippen LogP contribution in [0.1, 0.15) is 0 Å². The normalized spacial score (nSPS) is 15.3. The van der Waals surface area contributed by atoms with Crippen LogP contribution in [-0.4, -0.2) is 37.4 Å². The van der Waals surface area contributed by atoms with E-state index in [1.807, 2.05) is 22.6 Å². The third kappa shape index (κ3) is 4.49. The molecular weight excluding hydrogens is 479 g/mol. The highest BCUT2D eigenvalue weighted by atomic mass is 127. The molecule has 1 heterocycles. The molecule has 1 aliphatic heterocycles. The molecule has 1 aromatic rings. The van der Waals surface area contributed by atoms with E-state index in [0.717, 1.165) is 11.2 Å². The molecule has 0 saturated carbocycles. The fourth-order valence-corrected chi connectivity index (χ4v) is 2.79. The summed E-state index contributed by atoms with van der Waals surface area (Å²) in [6, 6.07) is 4.27. The van der Waals surface area contributed by atoms with Crippen LogP contribution in [0.4, 0.5) is 23.2 Å². The van der Waals surface area contributed by atoms with Gasteiger partial charge in [0.25, 0.3) is 5.91 Å². The molecular formula is C17H15F4IN4O. The molecule has 0 unspecified atom stereocenters. The molecule has 27 heavy (non-hydrogen) atoms. The van der Waals surface area contributed by atoms with Crippen LogP contribution in [-0.2, 0) is 4.79 Å². The van der Waals surface area contributed by atoms with Crippen molar-refractivity contribution in [2.75, 3.05) is 19.4 Å². The lowest BCUT2D eigenvalue weighted by Gasteiger charge is -2.33. The van der Waals surface area contributed by atoms with E-state index in [9.17, 15) is 22.4 Å². The highest BCUT2D eigenvalue weighted by Gasteiger charge is 2.41. The number of hydrogen-bond acceptors (Lipinski definition) is 3. The van der Waals surface area contributed by atoms with Crippen LogP contribution in [0.15, 0.2) is 58.5 Å². The minimum atomic E-state index is -4.74. The maximum absolute atomic E-state index is 14.2. The van der Waals surface area contributed by atoms with Crippen molar-refractivity contribution in [3.05, 3.63) is 62.9 Å². The molecule has 2 N–H and O–H groups in total. The molecule has 144 valence electrons. The van der Waals surface area contributed by atoms with E-state index in [2.05, 4.69) is 22.2 Å². The highest BCUT2D eigenvalue weighted by Crippen LogP contribution is 2.38. The standard InChI is InChI=1S/C17H15F4IN4O/c1-9-12(17(19,20)21)7-11(16(27)24-3)15(26(9)8-23-2)25-14-5-4-10(22)6-13(14)18/h4-8,25H,1H2,2-3H3,(H,24,27). The van der Waals surface area contributed by atoms with E-state index in [0.29, 0.717) is 9.65 Å². The second kappa shape index (κ2) is 8.11. The van der Waals surface area contributed by atoms with Gasteiger partial charge < -0.3 is 10.6 Å². The number of alkyl halides is 3. The lowest BCUT2D eigenvalue weighted by molar-refractivity contribution is -0.116. The number of rotatable bonds is 4. The summed E-state index contributed by atoms with van der Waals surface area (Å²) in [5.74, 6) is -1.51. The predicted molar refractivity (Wildman–Crippen MR) is 103 cm³/mol. The van der Waals surface area contributed by atoms with Crippen molar-refractivity contribution < 1.29 is 22.4 Å². The van der Waals surface area contributed by atoms with Crippen molar-refractivity contribution in [3.8, 4) is 0 Å². The molecule has 0 spiro atoms. The van der Waals surface area contributed by atoms with Crippen molar-refractivity contribution in [1.29, 1.82) is 0 Å². The Bertz CT molecular complexity index is 874. The first-order valence-corrected chi connectivity index (χ1v) is 8.56. The number of halogens is 5. The summed E-state index contributed by atoms with van der Waals surface area (Å²) in [6.45, 7) is 3.46. The Labute approximate surface area is 166 Å². The van der Waals surface area contributed by atoms with Crippen molar-refractivity contribution in [1.82, 2.24) is 10.2 Å². The number of nitrogens with one attached hydrogen (secondary N) is 2. The molecule has 10 heteroatoms. The number of aliphatic imine (C=N–C) groups is 1. The molecule has 0 aromatic heterocycles. The van der Waals surface area contributed by atoms with Gasteiger partial charge >= 0.3 is 6.18 Å². The number of nitrogens with zero attached hydrogens (tertiary/aromatic N) is 2. The van der Waals surface area contributed by atoms with Gasteiger partial charge in [-0.2, -0.15) is 13.2 Å². The Morgan fingerprint density at radius 2 is 2.04 bits per heavy atom. The van der Waals surface area contributed by atoms with Crippen molar-refractivity contribution in [2.45, 2.75) is 6.18 Å². The zero-order valence-corrected chi connectivity index (χ0v) is 16.4. The molecule has 1 amide bonds. The number of benzene rings is 1. The van der Waals surface area contributed by atoms with Crippen LogP contribution in [0, 0.1) is 9.39 Å². The summed E-state index contributed by atoms with van der Waals surface area (Å²) in [5, 5.41) is 4.96. The second-order valence-electron chi connectivity index (χ2n) is 5.34. The first-order valence-electron chi connectivity index (χ1n) is 7.48. The molecule has 5 nitrogen and oxygen atoms in total. The Morgan fingerprint density at radius 3 is 2.56 bits per heavy atom. The predicted octanol–water partition coefficient (Wildman–Crippen LogP) is 3.78. The van der Waals surface area contributed by atoms with Crippen LogP contribution >= 0.6 is 22.6 Å². The Hall–Kier alpha value is -2.37. The Morgan fingerprint density at radius 1 is 1.37 bits per heavy atom. The molecule has 0 saturated heterocycles. The van der Waals surface area contributed by atoms with Gasteiger partial charge in [0.2, 0.25) is 0 Å². The van der Waals surface area contributed by atoms with Gasteiger partial charge in [-0.05, 0) is 46.9 Å². The maximum atomic E-state index is 14.2. The molecule has 0 fully saturated rings. The molecule has 2 rings (SSSR count). The quantitative estimate of drug-likeness (QED) is 0.290. The molecule has 0 atom stereocenters. The first-order chi connectivity index (χ1) is 12.6. The number of allylic oxidation sites excluding steroid dienone is 1. The number of amides is 1. The van der Waals surface area contributed by atoms with Crippen molar-refractivity contribution in [2.24, 2.45) is 4.99 Å². The number of anilines is 1. The molecule has 0 bridgehead atoms. The fourth-order valence-electron chi connectivity index (χ4n) is 2.33. The topological polar surface area (TPSA) is 56.7 Å². The minimum absolute atomic E-state index is 0.0158. The fraction of sp³-hybridized carbons (Fsp3) is 0.176. The number of likely N-dealkylation sites (N-methyl/N-ethyl adjacent to an activating group) is 1. The third-order valence-electron chi connectivity index (χ3n) is 3.58. The average Bonchev–Trinajstić information content (AvgIpc) is 2.58. The summed E-state index contributed by atoms with van der Waals surface area (Å²) in [5.41, 5.74) is -1.91. The van der Waals surface area contributed by atoms with Gasteiger partial charge in [0, 0.05) is 17.7 Å². The van der Waals surface area contributed by atoms with E-state index in [1.165, 1.54) is 26.2 Å². The summed E-state index contributed by atoms with van der Waals surface area (Å²) in [4.78, 5) is 16.9. The van der Waals surface area contributed by atoms with Crippen LogP contribution in [0.25, 0.3) is 0 Å². The second-order valence-corrected chi connectivity index (χ2v) is 6.58. The van der Waals surface area contributed by atoms with Crippen LogP contribution in [0.2, 0.25) is 0 Å². The lowest BCUT2D eigenvalue weighted by atomic mass is 10.0. The monoisotopic (exact) mass is 494 g/mol. The van der Waals surface area contributed by atoms with E-state index >= 15 is 0 Å². The van der Waals surface area contributed by atoms with Crippen molar-refractivity contribution >= 4 is 40.5 Å². The number of carbonyl (C=O) groups excluding carboxylic acids is 1.